The number of aryl methyl sites for hydroxylation is 1. The summed E-state index contributed by atoms with van der Waals surface area (Å²) in [5.74, 6) is -2.04. The van der Waals surface area contributed by atoms with Gasteiger partial charge in [-0.2, -0.15) is 0 Å². The van der Waals surface area contributed by atoms with Gasteiger partial charge in [-0.25, -0.2) is 4.79 Å². The Hall–Kier alpha value is -6.88. The molecule has 13 nitrogen and oxygen atoms in total. The topological polar surface area (TPSA) is 136 Å². The van der Waals surface area contributed by atoms with Crippen molar-refractivity contribution in [1.82, 2.24) is 0 Å². The number of carbonyl (C=O) groups is 2. The van der Waals surface area contributed by atoms with Crippen molar-refractivity contribution in [1.29, 1.82) is 0 Å². The third kappa shape index (κ3) is 15.5. The summed E-state index contributed by atoms with van der Waals surface area (Å²) in [5.41, 5.74) is 6.49. The molecule has 0 aromatic heterocycles. The molecule has 15 atom stereocenters. The maximum atomic E-state index is 14.4. The summed E-state index contributed by atoms with van der Waals surface area (Å²) >= 11 is 0. The quantitative estimate of drug-likeness (QED) is 0.0376. The van der Waals surface area contributed by atoms with Crippen LogP contribution in [0, 0.1) is 36.5 Å². The highest BCUT2D eigenvalue weighted by molar-refractivity contribution is 5.75. The lowest BCUT2D eigenvalue weighted by molar-refractivity contribution is -0.391. The monoisotopic (exact) mass is 1250 g/mol. The number of hydrogen-bond acceptors (Lipinski definition) is 13. The van der Waals surface area contributed by atoms with Gasteiger partial charge in [0.1, 0.15) is 36.6 Å². The van der Waals surface area contributed by atoms with Crippen LogP contribution in [0.15, 0.2) is 206 Å². The molecule has 3 heterocycles. The van der Waals surface area contributed by atoms with E-state index in [1.54, 1.807) is 0 Å². The van der Waals surface area contributed by atoms with E-state index in [1.807, 2.05) is 116 Å². The minimum atomic E-state index is -1.25. The zero-order valence-corrected chi connectivity index (χ0v) is 53.6. The third-order valence-electron chi connectivity index (χ3n) is 19.7. The summed E-state index contributed by atoms with van der Waals surface area (Å²) in [6.45, 7) is 7.22. The molecule has 0 bridgehead atoms. The standard InChI is InChI=1S/C79H90O13/c1-5-60-47-61(74(80)82-4)48-66(88-76-54(3)69(73-68(89-76)52-85-73)87-67(46-56-29-15-7-16-30-56)75(81)86-51-59-35-21-10-22-36-59)70(60)90-77-71(83-49-57-31-17-8-18-32-57)65(45-55-27-13-6-14-28-55)72(84-50-58-33-19-9-20-34-58)78(91-77)92-79(62-37-23-11-24-38-62,63-39-25-12-26-40-63)64-43-41-53(2)42-44-64/h6,8-14,17-28,31-44,54,56,60-61,65-73,76-78H,5,7,15-16,29-30,45-52H2,1-4H3/t54?,60-,61?,65?,66?,67+,68+,69?,70?,71?,72?,73?,76-,77?,78?/m1/s1. The van der Waals surface area contributed by atoms with Gasteiger partial charge >= 0.3 is 11.9 Å². The predicted octanol–water partition coefficient (Wildman–Crippen LogP) is 14.6. The molecule has 5 fully saturated rings. The summed E-state index contributed by atoms with van der Waals surface area (Å²) in [6, 6.07) is 69.7. The molecule has 0 spiro atoms. The molecule has 3 saturated heterocycles. The third-order valence-corrected chi connectivity index (χ3v) is 19.7. The second-order valence-electron chi connectivity index (χ2n) is 25.9. The number of methoxy groups -OCH3 is 1. The number of hydrogen-bond donors (Lipinski definition) is 0. The first-order valence-corrected chi connectivity index (χ1v) is 33.5. The lowest BCUT2D eigenvalue weighted by atomic mass is 9.76. The van der Waals surface area contributed by atoms with E-state index >= 15 is 0 Å². The molecule has 0 N–H and O–H groups in total. The molecular weight excluding hydrogens is 1160 g/mol. The van der Waals surface area contributed by atoms with E-state index in [4.69, 9.17) is 52.1 Å². The fraction of sp³-hybridized carbons (Fsp3) is 0.443. The average molecular weight is 1250 g/mol. The Morgan fingerprint density at radius 2 is 1.10 bits per heavy atom. The Morgan fingerprint density at radius 1 is 0.565 bits per heavy atom. The van der Waals surface area contributed by atoms with Crippen LogP contribution in [0.2, 0.25) is 0 Å². The molecule has 0 radical (unpaired) electrons. The van der Waals surface area contributed by atoms with Crippen LogP contribution in [0.5, 0.6) is 0 Å². The van der Waals surface area contributed by atoms with Gasteiger partial charge in [-0.15, -0.1) is 0 Å². The molecule has 7 aromatic rings. The Labute approximate surface area is 543 Å². The number of carbonyl (C=O) groups excluding carboxylic acids is 2. The molecule has 3 aliphatic heterocycles. The number of rotatable bonds is 26. The van der Waals surface area contributed by atoms with Crippen molar-refractivity contribution in [2.45, 2.75) is 178 Å². The highest BCUT2D eigenvalue weighted by Gasteiger charge is 2.57. The number of fused-ring (bicyclic) bond motifs is 1. The molecule has 7 aromatic carbocycles. The van der Waals surface area contributed by atoms with Crippen LogP contribution in [0.3, 0.4) is 0 Å². The Kier molecular flexibility index (Phi) is 22.2. The summed E-state index contributed by atoms with van der Waals surface area (Å²) in [5, 5.41) is 0. The Bertz CT molecular complexity index is 3310. The Balaban J connectivity index is 0.938. The minimum absolute atomic E-state index is 0.141. The maximum Gasteiger partial charge on any atom is 0.335 e. The maximum absolute atomic E-state index is 14.4. The van der Waals surface area contributed by atoms with Crippen LogP contribution in [0.1, 0.15) is 116 Å². The summed E-state index contributed by atoms with van der Waals surface area (Å²) in [7, 11) is 1.44. The molecule has 12 rings (SSSR count). The van der Waals surface area contributed by atoms with Crippen molar-refractivity contribution < 1.29 is 61.7 Å². The second-order valence-corrected chi connectivity index (χ2v) is 25.9. The van der Waals surface area contributed by atoms with Crippen molar-refractivity contribution in [3.05, 3.63) is 251 Å². The number of esters is 2. The molecule has 2 saturated carbocycles. The zero-order valence-electron chi connectivity index (χ0n) is 53.6. The first-order chi connectivity index (χ1) is 45.1. The molecule has 0 amide bonds. The van der Waals surface area contributed by atoms with E-state index < -0.39 is 85.0 Å². The highest BCUT2D eigenvalue weighted by atomic mass is 16.8. The average Bonchev–Trinajstić information content (AvgIpc) is 0.760. The van der Waals surface area contributed by atoms with Crippen molar-refractivity contribution in [3.8, 4) is 0 Å². The van der Waals surface area contributed by atoms with Crippen LogP contribution in [-0.2, 0) is 93.5 Å². The first-order valence-electron chi connectivity index (χ1n) is 33.5. The molecule has 2 aliphatic carbocycles. The van der Waals surface area contributed by atoms with Gasteiger partial charge in [-0.3, -0.25) is 4.79 Å². The second kappa shape index (κ2) is 31.4. The fourth-order valence-electron chi connectivity index (χ4n) is 14.6. The van der Waals surface area contributed by atoms with Gasteiger partial charge < -0.3 is 52.1 Å². The lowest BCUT2D eigenvalue weighted by Gasteiger charge is -2.53. The van der Waals surface area contributed by atoms with E-state index in [9.17, 15) is 9.59 Å². The first kappa shape index (κ1) is 65.2. The summed E-state index contributed by atoms with van der Waals surface area (Å²) in [4.78, 5) is 28.4. The summed E-state index contributed by atoms with van der Waals surface area (Å²) < 4.78 is 77.8. The summed E-state index contributed by atoms with van der Waals surface area (Å²) in [6.07, 6.45) is -0.337. The zero-order chi connectivity index (χ0) is 63.2. The SMILES string of the molecule is CC[C@@H]1CC(C(=O)OC)CC(O[C@@H]2O[C@H]3COC3C(O[C@@H](CC3CCCCC3)C(=O)OCc3ccccc3)C2C)C1OC1OC(OC(c2ccccc2)(c2ccccc2)c2ccc(C)cc2)C(OCc2ccccc2)C(Cc2ccccc2)C1OCc1ccccc1. The molecule has 11 unspecified atom stereocenters. The van der Waals surface area contributed by atoms with Crippen LogP contribution in [0.25, 0.3) is 0 Å². The smallest absolute Gasteiger partial charge is 0.335 e. The van der Waals surface area contributed by atoms with Gasteiger partial charge in [0.05, 0.1) is 51.2 Å². The van der Waals surface area contributed by atoms with Crippen LogP contribution >= 0.6 is 0 Å². The fourth-order valence-corrected chi connectivity index (χ4v) is 14.6. The van der Waals surface area contributed by atoms with Crippen LogP contribution < -0.4 is 0 Å². The van der Waals surface area contributed by atoms with Crippen LogP contribution in [-0.4, -0.2) is 93.4 Å². The van der Waals surface area contributed by atoms with Gasteiger partial charge in [0.25, 0.3) is 0 Å². The highest BCUT2D eigenvalue weighted by Crippen LogP contribution is 2.48. The normalized spacial score (nSPS) is 27.8. The molecule has 484 valence electrons. The number of benzene rings is 7. The number of ether oxygens (including phenoxy) is 11. The molecular formula is C79H90O13. The van der Waals surface area contributed by atoms with Gasteiger partial charge in [-0.1, -0.05) is 264 Å². The van der Waals surface area contributed by atoms with Gasteiger partial charge in [-0.05, 0) is 83.4 Å². The van der Waals surface area contributed by atoms with E-state index in [0.29, 0.717) is 38.2 Å². The molecule has 13 heteroatoms. The van der Waals surface area contributed by atoms with Gasteiger partial charge in [0.15, 0.2) is 25.0 Å². The van der Waals surface area contributed by atoms with E-state index in [1.165, 1.54) is 13.5 Å². The van der Waals surface area contributed by atoms with Crippen molar-refractivity contribution in [2.75, 3.05) is 13.7 Å². The van der Waals surface area contributed by atoms with E-state index in [-0.39, 0.29) is 50.2 Å². The largest absolute Gasteiger partial charge is 0.469 e. The Morgan fingerprint density at radius 3 is 1.64 bits per heavy atom. The van der Waals surface area contributed by atoms with Gasteiger partial charge in [0.2, 0.25) is 0 Å². The van der Waals surface area contributed by atoms with Crippen molar-refractivity contribution in [2.24, 2.45) is 29.6 Å². The lowest BCUT2D eigenvalue weighted by Crippen LogP contribution is -2.65. The molecule has 92 heavy (non-hydrogen) atoms. The van der Waals surface area contributed by atoms with E-state index in [2.05, 4.69) is 111 Å². The van der Waals surface area contributed by atoms with Crippen molar-refractivity contribution >= 4 is 11.9 Å². The van der Waals surface area contributed by atoms with E-state index in [0.717, 1.165) is 70.2 Å². The van der Waals surface area contributed by atoms with Crippen LogP contribution in [0.4, 0.5) is 0 Å². The predicted molar refractivity (Wildman–Crippen MR) is 349 cm³/mol. The molecule has 5 aliphatic rings. The van der Waals surface area contributed by atoms with Gasteiger partial charge in [0, 0.05) is 11.8 Å². The van der Waals surface area contributed by atoms with Crippen molar-refractivity contribution in [3.63, 3.8) is 0 Å². The minimum Gasteiger partial charge on any atom is -0.469 e.